The highest BCUT2D eigenvalue weighted by Gasteiger charge is 2.27. The van der Waals surface area contributed by atoms with Gasteiger partial charge in [-0.2, -0.15) is 0 Å². The highest BCUT2D eigenvalue weighted by molar-refractivity contribution is 5.78. The van der Waals surface area contributed by atoms with Crippen LogP contribution in [0.1, 0.15) is 25.3 Å². The number of hydrogen-bond acceptors (Lipinski definition) is 5. The highest BCUT2D eigenvalue weighted by atomic mass is 16.1. The zero-order valence-electron chi connectivity index (χ0n) is 11.3. The summed E-state index contributed by atoms with van der Waals surface area (Å²) < 4.78 is 0. The first-order chi connectivity index (χ1) is 9.20. The minimum atomic E-state index is -0.233. The largest absolute Gasteiger partial charge is 0.369 e. The number of primary amides is 1. The minimum Gasteiger partial charge on any atom is -0.369 e. The van der Waals surface area contributed by atoms with E-state index in [-0.39, 0.29) is 11.8 Å². The highest BCUT2D eigenvalue weighted by Crippen LogP contribution is 2.19. The van der Waals surface area contributed by atoms with Crippen molar-refractivity contribution in [2.24, 2.45) is 11.7 Å². The van der Waals surface area contributed by atoms with Crippen molar-refractivity contribution >= 4 is 11.9 Å². The maximum Gasteiger partial charge on any atom is 0.225 e. The SMILES string of the molecule is CCCNCc1cnc(N2CCC(C(N)=O)C2)nc1. The van der Waals surface area contributed by atoms with Crippen LogP contribution in [-0.4, -0.2) is 35.5 Å². The minimum absolute atomic E-state index is 0.0745. The van der Waals surface area contributed by atoms with E-state index < -0.39 is 0 Å². The first kappa shape index (κ1) is 13.7. The van der Waals surface area contributed by atoms with Crippen LogP contribution in [0.3, 0.4) is 0 Å². The van der Waals surface area contributed by atoms with Gasteiger partial charge in [0.15, 0.2) is 0 Å². The molecule has 2 rings (SSSR count). The Hall–Kier alpha value is -1.69. The van der Waals surface area contributed by atoms with E-state index in [1.807, 2.05) is 17.3 Å². The normalized spacial score (nSPS) is 18.8. The number of rotatable bonds is 6. The van der Waals surface area contributed by atoms with Crippen molar-refractivity contribution in [3.05, 3.63) is 18.0 Å². The van der Waals surface area contributed by atoms with Crippen molar-refractivity contribution in [1.29, 1.82) is 0 Å². The third-order valence-electron chi connectivity index (χ3n) is 3.32. The fourth-order valence-electron chi connectivity index (χ4n) is 2.19. The molecule has 1 aliphatic heterocycles. The Morgan fingerprint density at radius 1 is 1.53 bits per heavy atom. The summed E-state index contributed by atoms with van der Waals surface area (Å²) in [6, 6.07) is 0. The van der Waals surface area contributed by atoms with Crippen LogP contribution < -0.4 is 16.0 Å². The summed E-state index contributed by atoms with van der Waals surface area (Å²) in [5.41, 5.74) is 6.39. The van der Waals surface area contributed by atoms with Gasteiger partial charge < -0.3 is 16.0 Å². The van der Waals surface area contributed by atoms with Gasteiger partial charge in [-0.05, 0) is 19.4 Å². The molecule has 0 spiro atoms. The molecule has 1 atom stereocenters. The summed E-state index contributed by atoms with van der Waals surface area (Å²) in [6.45, 7) is 5.34. The number of hydrogen-bond donors (Lipinski definition) is 2. The van der Waals surface area contributed by atoms with Crippen LogP contribution >= 0.6 is 0 Å². The summed E-state index contributed by atoms with van der Waals surface area (Å²) >= 11 is 0. The molecule has 104 valence electrons. The summed E-state index contributed by atoms with van der Waals surface area (Å²) in [5.74, 6) is 0.375. The van der Waals surface area contributed by atoms with E-state index in [1.54, 1.807) is 0 Å². The van der Waals surface area contributed by atoms with Crippen LogP contribution in [-0.2, 0) is 11.3 Å². The Morgan fingerprint density at radius 2 is 2.26 bits per heavy atom. The number of nitrogens with one attached hydrogen (secondary N) is 1. The first-order valence-electron chi connectivity index (χ1n) is 6.76. The molecule has 1 fully saturated rings. The summed E-state index contributed by atoms with van der Waals surface area (Å²) in [5, 5.41) is 3.31. The van der Waals surface area contributed by atoms with Crippen LogP contribution in [0, 0.1) is 5.92 Å². The van der Waals surface area contributed by atoms with Crippen LogP contribution in [0.25, 0.3) is 0 Å². The predicted molar refractivity (Wildman–Crippen MR) is 73.5 cm³/mol. The molecule has 1 aromatic rings. The molecule has 1 aromatic heterocycles. The predicted octanol–water partition coefficient (Wildman–Crippen LogP) is 0.288. The van der Waals surface area contributed by atoms with Crippen LogP contribution in [0.4, 0.5) is 5.95 Å². The number of anilines is 1. The zero-order valence-corrected chi connectivity index (χ0v) is 11.3. The van der Waals surface area contributed by atoms with Crippen molar-refractivity contribution in [2.45, 2.75) is 26.3 Å². The number of nitrogens with zero attached hydrogens (tertiary/aromatic N) is 3. The summed E-state index contributed by atoms with van der Waals surface area (Å²) in [6.07, 6.45) is 5.57. The van der Waals surface area contributed by atoms with Gasteiger partial charge in [0.2, 0.25) is 11.9 Å². The number of nitrogens with two attached hydrogens (primary N) is 1. The van der Waals surface area contributed by atoms with Crippen LogP contribution in [0.2, 0.25) is 0 Å². The van der Waals surface area contributed by atoms with Gasteiger partial charge >= 0.3 is 0 Å². The molecule has 0 radical (unpaired) electrons. The molecule has 1 saturated heterocycles. The lowest BCUT2D eigenvalue weighted by atomic mass is 10.1. The van der Waals surface area contributed by atoms with Gasteiger partial charge in [0.25, 0.3) is 0 Å². The number of amides is 1. The van der Waals surface area contributed by atoms with Crippen LogP contribution in [0.15, 0.2) is 12.4 Å². The Bertz CT molecular complexity index is 420. The topological polar surface area (TPSA) is 84.1 Å². The molecule has 1 amide bonds. The van der Waals surface area contributed by atoms with E-state index >= 15 is 0 Å². The van der Waals surface area contributed by atoms with Gasteiger partial charge in [0.05, 0.1) is 5.92 Å². The maximum atomic E-state index is 11.1. The Balaban J connectivity index is 1.90. The lowest BCUT2D eigenvalue weighted by Crippen LogP contribution is -2.28. The van der Waals surface area contributed by atoms with E-state index in [9.17, 15) is 4.79 Å². The van der Waals surface area contributed by atoms with E-state index in [2.05, 4.69) is 22.2 Å². The van der Waals surface area contributed by atoms with Crippen LogP contribution in [0.5, 0.6) is 0 Å². The second-order valence-electron chi connectivity index (χ2n) is 4.90. The van der Waals surface area contributed by atoms with Gasteiger partial charge in [-0.1, -0.05) is 6.92 Å². The fraction of sp³-hybridized carbons (Fsp3) is 0.615. The molecule has 0 bridgehead atoms. The quantitative estimate of drug-likeness (QED) is 0.721. The van der Waals surface area contributed by atoms with Crippen molar-refractivity contribution in [1.82, 2.24) is 15.3 Å². The van der Waals surface area contributed by atoms with Gasteiger partial charge in [0, 0.05) is 37.6 Å². The second kappa shape index (κ2) is 6.47. The molecular weight excluding hydrogens is 242 g/mol. The first-order valence-corrected chi connectivity index (χ1v) is 6.76. The molecule has 1 aliphatic rings. The standard InChI is InChI=1S/C13H21N5O/c1-2-4-15-6-10-7-16-13(17-8-10)18-5-3-11(9-18)12(14)19/h7-8,11,15H,2-6,9H2,1H3,(H2,14,19). The monoisotopic (exact) mass is 263 g/mol. The molecule has 6 nitrogen and oxygen atoms in total. The van der Waals surface area contributed by atoms with Crippen molar-refractivity contribution in [2.75, 3.05) is 24.5 Å². The smallest absolute Gasteiger partial charge is 0.225 e. The molecule has 19 heavy (non-hydrogen) atoms. The van der Waals surface area contributed by atoms with E-state index in [0.29, 0.717) is 12.5 Å². The van der Waals surface area contributed by atoms with Crippen molar-refractivity contribution in [3.63, 3.8) is 0 Å². The molecule has 2 heterocycles. The molecule has 1 unspecified atom stereocenters. The van der Waals surface area contributed by atoms with E-state index in [1.165, 1.54) is 0 Å². The number of carbonyl (C=O) groups excluding carboxylic acids is 1. The van der Waals surface area contributed by atoms with E-state index in [4.69, 9.17) is 5.73 Å². The lowest BCUT2D eigenvalue weighted by molar-refractivity contribution is -0.121. The number of aromatic nitrogens is 2. The third-order valence-corrected chi connectivity index (χ3v) is 3.32. The van der Waals surface area contributed by atoms with E-state index in [0.717, 1.165) is 38.0 Å². The average molecular weight is 263 g/mol. The Kier molecular flexibility index (Phi) is 4.68. The fourth-order valence-corrected chi connectivity index (χ4v) is 2.19. The molecule has 0 saturated carbocycles. The van der Waals surface area contributed by atoms with Gasteiger partial charge in [-0.25, -0.2) is 9.97 Å². The number of carbonyl (C=O) groups is 1. The Labute approximate surface area is 113 Å². The third kappa shape index (κ3) is 3.64. The zero-order chi connectivity index (χ0) is 13.7. The van der Waals surface area contributed by atoms with Crippen molar-refractivity contribution < 1.29 is 4.79 Å². The van der Waals surface area contributed by atoms with Crippen molar-refractivity contribution in [3.8, 4) is 0 Å². The van der Waals surface area contributed by atoms with Gasteiger partial charge in [0.1, 0.15) is 0 Å². The molecule has 0 aliphatic carbocycles. The lowest BCUT2D eigenvalue weighted by Gasteiger charge is -2.15. The average Bonchev–Trinajstić information content (AvgIpc) is 2.90. The summed E-state index contributed by atoms with van der Waals surface area (Å²) in [7, 11) is 0. The molecular formula is C13H21N5O. The second-order valence-corrected chi connectivity index (χ2v) is 4.90. The maximum absolute atomic E-state index is 11.1. The van der Waals surface area contributed by atoms with Gasteiger partial charge in [-0.3, -0.25) is 4.79 Å². The molecule has 0 aromatic carbocycles. The molecule has 6 heteroatoms. The Morgan fingerprint density at radius 3 is 2.84 bits per heavy atom. The summed E-state index contributed by atoms with van der Waals surface area (Å²) in [4.78, 5) is 21.9. The molecule has 3 N–H and O–H groups in total. The van der Waals surface area contributed by atoms with Gasteiger partial charge in [-0.15, -0.1) is 0 Å².